The fourth-order valence-corrected chi connectivity index (χ4v) is 2.24. The van der Waals surface area contributed by atoms with Gasteiger partial charge in [-0.05, 0) is 17.7 Å². The minimum absolute atomic E-state index is 0.277. The lowest BCUT2D eigenvalue weighted by molar-refractivity contribution is 0.383. The van der Waals surface area contributed by atoms with Crippen molar-refractivity contribution in [2.24, 2.45) is 20.6 Å². The quantitative estimate of drug-likeness (QED) is 0.433. The van der Waals surface area contributed by atoms with Crippen LogP contribution in [-0.4, -0.2) is 18.9 Å². The molecule has 0 amide bonds. The number of rotatable bonds is 2. The van der Waals surface area contributed by atoms with Crippen LogP contribution in [0.5, 0.6) is 0 Å². The molecule has 0 aromatic rings. The second kappa shape index (κ2) is 3.51. The number of nitrogens with two attached hydrogens (primary N) is 1. The summed E-state index contributed by atoms with van der Waals surface area (Å²) in [5.74, 6) is 0. The highest BCUT2D eigenvalue weighted by molar-refractivity contribution is 7.87. The number of fused-ring (bicyclic) bond motifs is 1. The van der Waals surface area contributed by atoms with E-state index in [0.29, 0.717) is 15.8 Å². The Balaban J connectivity index is 2.37. The highest BCUT2D eigenvalue weighted by atomic mass is 32.2. The summed E-state index contributed by atoms with van der Waals surface area (Å²) < 4.78 is 26.3. The van der Waals surface area contributed by atoms with Gasteiger partial charge in [0, 0.05) is 17.0 Å². The molecule has 1 aliphatic heterocycles. The second-order valence-electron chi connectivity index (χ2n) is 3.16. The Hall–Kier alpha value is -2.06. The summed E-state index contributed by atoms with van der Waals surface area (Å²) in [5.41, 5.74) is 14.7. The van der Waals surface area contributed by atoms with E-state index in [1.54, 1.807) is 12.2 Å². The van der Waals surface area contributed by atoms with Crippen LogP contribution in [-0.2, 0) is 10.2 Å². The van der Waals surface area contributed by atoms with Crippen molar-refractivity contribution in [3.05, 3.63) is 34.0 Å². The molecule has 0 spiro atoms. The molecule has 2 rings (SSSR count). The van der Waals surface area contributed by atoms with E-state index in [0.717, 1.165) is 0 Å². The molecule has 0 fully saturated rings. The first-order valence-electron chi connectivity index (χ1n) is 4.23. The van der Waals surface area contributed by atoms with E-state index in [9.17, 15) is 8.42 Å². The Kier molecular flexibility index (Phi) is 2.29. The molecule has 0 radical (unpaired) electrons. The average molecular weight is 241 g/mol. The molecule has 1 unspecified atom stereocenters. The first kappa shape index (κ1) is 10.5. The van der Waals surface area contributed by atoms with Gasteiger partial charge in [0.05, 0.1) is 10.2 Å². The van der Waals surface area contributed by atoms with Gasteiger partial charge in [-0.25, -0.2) is 0 Å². The van der Waals surface area contributed by atoms with Crippen molar-refractivity contribution in [1.29, 1.82) is 0 Å². The molecule has 2 aliphatic rings. The van der Waals surface area contributed by atoms with E-state index in [-0.39, 0.29) is 6.42 Å². The molecule has 0 bridgehead atoms. The van der Waals surface area contributed by atoms with Crippen LogP contribution >= 0.6 is 0 Å². The molecule has 0 saturated carbocycles. The van der Waals surface area contributed by atoms with Crippen molar-refractivity contribution in [2.45, 2.75) is 12.5 Å². The third kappa shape index (κ3) is 1.59. The number of nitrogens with zero attached hydrogens (tertiary/aromatic N) is 6. The van der Waals surface area contributed by atoms with E-state index in [2.05, 4.69) is 19.8 Å². The Morgan fingerprint density at radius 1 is 1.62 bits per heavy atom. The molecule has 10 heteroatoms. The first-order valence-corrected chi connectivity index (χ1v) is 5.63. The fraction of sp³-hybridized carbons (Fsp3) is 0.333. The van der Waals surface area contributed by atoms with Gasteiger partial charge in [0.25, 0.3) is 0 Å². The van der Waals surface area contributed by atoms with Crippen molar-refractivity contribution >= 4 is 10.2 Å². The topological polar surface area (TPSA) is 137 Å². The molecule has 16 heavy (non-hydrogen) atoms. The van der Waals surface area contributed by atoms with E-state index >= 15 is 0 Å². The average Bonchev–Trinajstić information content (AvgIpc) is 2.60. The maximum Gasteiger partial charge on any atom is 0.341 e. The minimum atomic E-state index is -4.15. The Morgan fingerprint density at radius 3 is 3.06 bits per heavy atom. The maximum absolute atomic E-state index is 11.5. The van der Waals surface area contributed by atoms with Gasteiger partial charge in [-0.15, -0.1) is 5.11 Å². The number of hydrogen-bond acceptors (Lipinski definition) is 5. The van der Waals surface area contributed by atoms with Gasteiger partial charge >= 0.3 is 10.2 Å². The summed E-state index contributed by atoms with van der Waals surface area (Å²) in [7, 11) is -4.15. The van der Waals surface area contributed by atoms with Crippen LogP contribution in [0.1, 0.15) is 6.42 Å². The molecular weight excluding hydrogens is 234 g/mol. The predicted molar refractivity (Wildman–Crippen MR) is 53.5 cm³/mol. The fourth-order valence-electron chi connectivity index (χ4n) is 1.44. The summed E-state index contributed by atoms with van der Waals surface area (Å²) >= 11 is 0. The van der Waals surface area contributed by atoms with Crippen LogP contribution in [0.25, 0.3) is 10.4 Å². The second-order valence-corrected chi connectivity index (χ2v) is 4.60. The maximum atomic E-state index is 11.5. The predicted octanol–water partition coefficient (Wildman–Crippen LogP) is 0.723. The molecule has 9 nitrogen and oxygen atoms in total. The van der Waals surface area contributed by atoms with Gasteiger partial charge in [-0.3, -0.25) is 0 Å². The molecule has 0 saturated heterocycles. The van der Waals surface area contributed by atoms with Crippen molar-refractivity contribution in [3.63, 3.8) is 0 Å². The van der Waals surface area contributed by atoms with Crippen molar-refractivity contribution < 1.29 is 8.42 Å². The van der Waals surface area contributed by atoms with E-state index < -0.39 is 16.3 Å². The number of allylic oxidation sites excluding steroid dienone is 2. The van der Waals surface area contributed by atoms with Crippen LogP contribution in [0, 0.1) is 0 Å². The molecule has 1 aliphatic carbocycles. The highest BCUT2D eigenvalue weighted by Crippen LogP contribution is 2.31. The van der Waals surface area contributed by atoms with E-state index in [1.807, 2.05) is 0 Å². The van der Waals surface area contributed by atoms with Crippen molar-refractivity contribution in [1.82, 2.24) is 4.41 Å². The van der Waals surface area contributed by atoms with Gasteiger partial charge in [0.2, 0.25) is 0 Å². The lowest BCUT2D eigenvalue weighted by Gasteiger charge is -2.21. The molecule has 2 N–H and O–H groups in total. The zero-order valence-electron chi connectivity index (χ0n) is 7.92. The Bertz CT molecular complexity index is 553. The third-order valence-electron chi connectivity index (χ3n) is 2.13. The van der Waals surface area contributed by atoms with Gasteiger partial charge < -0.3 is 5.73 Å². The summed E-state index contributed by atoms with van der Waals surface area (Å²) in [6, 6.07) is -0.611. The Labute approximate surface area is 90.7 Å². The highest BCUT2D eigenvalue weighted by Gasteiger charge is 2.37. The van der Waals surface area contributed by atoms with Crippen LogP contribution in [0.3, 0.4) is 0 Å². The van der Waals surface area contributed by atoms with Crippen LogP contribution in [0.15, 0.2) is 38.4 Å². The Morgan fingerprint density at radius 2 is 2.38 bits per heavy atom. The molecular formula is C6H7N7O2S. The molecule has 1 heterocycles. The molecule has 1 atom stereocenters. The summed E-state index contributed by atoms with van der Waals surface area (Å²) in [5, 5.41) is 7.12. The van der Waals surface area contributed by atoms with Gasteiger partial charge in [0.1, 0.15) is 6.04 Å². The zero-order valence-corrected chi connectivity index (χ0v) is 8.74. The van der Waals surface area contributed by atoms with Gasteiger partial charge in [-0.2, -0.15) is 12.8 Å². The summed E-state index contributed by atoms with van der Waals surface area (Å²) in [4.78, 5) is 2.24. The van der Waals surface area contributed by atoms with E-state index in [4.69, 9.17) is 11.3 Å². The third-order valence-corrected chi connectivity index (χ3v) is 3.21. The van der Waals surface area contributed by atoms with Crippen LogP contribution in [0.2, 0.25) is 0 Å². The standard InChI is InChI=1S/C6H7N7O2S/c7-4-1-2-5-6(3-4)13(11-9-5)16(14,15)12-10-8/h1-2,6H,3,7H2. The summed E-state index contributed by atoms with van der Waals surface area (Å²) in [6.07, 6.45) is 3.49. The van der Waals surface area contributed by atoms with Crippen molar-refractivity contribution in [3.8, 4) is 0 Å². The van der Waals surface area contributed by atoms with Crippen LogP contribution < -0.4 is 5.73 Å². The SMILES string of the molecule is [N-]=[N+]=NS(=O)(=O)N1N=NC2=CC=C(N)CC21. The lowest BCUT2D eigenvalue weighted by atomic mass is 10.0. The minimum Gasteiger partial charge on any atom is -0.402 e. The van der Waals surface area contributed by atoms with Crippen molar-refractivity contribution in [2.75, 3.05) is 0 Å². The first-order chi connectivity index (χ1) is 7.54. The number of hydrogen-bond donors (Lipinski definition) is 1. The normalized spacial score (nSPS) is 23.2. The largest absolute Gasteiger partial charge is 0.402 e. The van der Waals surface area contributed by atoms with Gasteiger partial charge in [0.15, 0.2) is 0 Å². The number of azide groups is 1. The molecule has 0 aromatic carbocycles. The summed E-state index contributed by atoms with van der Waals surface area (Å²) in [6.45, 7) is 0. The smallest absolute Gasteiger partial charge is 0.341 e. The zero-order chi connectivity index (χ0) is 11.8. The molecule has 84 valence electrons. The monoisotopic (exact) mass is 241 g/mol. The molecule has 0 aromatic heterocycles. The van der Waals surface area contributed by atoms with Crippen LogP contribution in [0.4, 0.5) is 0 Å². The van der Waals surface area contributed by atoms with Gasteiger partial charge in [-0.1, -0.05) is 5.22 Å². The lowest BCUT2D eigenvalue weighted by Crippen LogP contribution is -2.34. The van der Waals surface area contributed by atoms with E-state index in [1.165, 1.54) is 0 Å².